The molecule has 0 bridgehead atoms. The highest BCUT2D eigenvalue weighted by atomic mass is 35.5. The maximum Gasteiger partial charge on any atom is 0.294 e. The number of allylic oxidation sites excluding steroid dienone is 1. The van der Waals surface area contributed by atoms with Crippen LogP contribution in [0, 0.1) is 0 Å². The van der Waals surface area contributed by atoms with E-state index in [4.69, 9.17) is 23.2 Å². The van der Waals surface area contributed by atoms with Crippen molar-refractivity contribution in [2.24, 2.45) is 0 Å². The first-order valence-electron chi connectivity index (χ1n) is 9.05. The Kier molecular flexibility index (Phi) is 6.54. The Morgan fingerprint density at radius 3 is 2.31 bits per heavy atom. The third-order valence-electron chi connectivity index (χ3n) is 4.83. The number of hydrogen-bond donors (Lipinski definition) is 1. The number of rotatable bonds is 4. The molecule has 2 fully saturated rings. The van der Waals surface area contributed by atoms with Gasteiger partial charge in [-0.1, -0.05) is 5.57 Å². The first kappa shape index (κ1) is 22.4. The summed E-state index contributed by atoms with van der Waals surface area (Å²) >= 11 is 13.1. The number of alkyl halides is 2. The zero-order valence-electron chi connectivity index (χ0n) is 16.0. The van der Waals surface area contributed by atoms with Crippen LogP contribution >= 0.6 is 42.1 Å². The lowest BCUT2D eigenvalue weighted by Gasteiger charge is -2.26. The van der Waals surface area contributed by atoms with Crippen LogP contribution in [-0.4, -0.2) is 46.2 Å². The molecule has 0 aromatic heterocycles. The van der Waals surface area contributed by atoms with Gasteiger partial charge >= 0.3 is 0 Å². The fourth-order valence-electron chi connectivity index (χ4n) is 3.14. The van der Waals surface area contributed by atoms with Gasteiger partial charge in [0.1, 0.15) is 18.0 Å². The Morgan fingerprint density at radius 1 is 1.17 bits per heavy atom. The predicted octanol–water partition coefficient (Wildman–Crippen LogP) is 4.57. The highest BCUT2D eigenvalue weighted by molar-refractivity contribution is 8.18. The number of thioether (sulfide) groups is 1. The molecule has 3 rings (SSSR count). The fourth-order valence-corrected chi connectivity index (χ4v) is 5.37. The van der Waals surface area contributed by atoms with Crippen LogP contribution in [-0.2, 0) is 14.2 Å². The Hall–Kier alpha value is -1.27. The first-order chi connectivity index (χ1) is 13.5. The molecule has 0 spiro atoms. The molecule has 1 saturated carbocycles. The van der Waals surface area contributed by atoms with Crippen LogP contribution in [0.4, 0.5) is 10.5 Å². The van der Waals surface area contributed by atoms with Crippen molar-refractivity contribution >= 4 is 70.2 Å². The number of anilines is 1. The van der Waals surface area contributed by atoms with Crippen LogP contribution in [0.1, 0.15) is 25.7 Å². The molecule has 0 unspecified atom stereocenters. The zero-order valence-corrected chi connectivity index (χ0v) is 19.3. The van der Waals surface area contributed by atoms with Gasteiger partial charge in [0.15, 0.2) is 0 Å². The first-order valence-corrected chi connectivity index (χ1v) is 13.2. The van der Waals surface area contributed by atoms with Gasteiger partial charge in [-0.25, -0.2) is 0 Å². The maximum absolute atomic E-state index is 12.7. The smallest absolute Gasteiger partial charge is 0.294 e. The average Bonchev–Trinajstić information content (AvgIpc) is 2.89. The van der Waals surface area contributed by atoms with Crippen molar-refractivity contribution in [3.8, 4) is 0 Å². The van der Waals surface area contributed by atoms with E-state index in [0.29, 0.717) is 41.6 Å². The molecule has 1 saturated heterocycles. The minimum atomic E-state index is -2.38. The average molecular weight is 475 g/mol. The van der Waals surface area contributed by atoms with Crippen LogP contribution in [0.15, 0.2) is 34.7 Å². The molecule has 1 aliphatic heterocycles. The van der Waals surface area contributed by atoms with Gasteiger partial charge in [-0.15, -0.1) is 23.2 Å². The van der Waals surface area contributed by atoms with E-state index in [9.17, 15) is 18.9 Å². The predicted molar refractivity (Wildman–Crippen MR) is 119 cm³/mol. The van der Waals surface area contributed by atoms with E-state index in [-0.39, 0.29) is 6.54 Å². The number of hydrogen-bond acceptors (Lipinski definition) is 5. The largest absolute Gasteiger partial charge is 0.325 e. The van der Waals surface area contributed by atoms with Crippen molar-refractivity contribution in [2.75, 3.05) is 25.2 Å². The number of halogens is 2. The van der Waals surface area contributed by atoms with Crippen LogP contribution in [0.25, 0.3) is 0 Å². The minimum absolute atomic E-state index is 0.363. The SMILES string of the molecule is CP(C)(=O)c1ccc(NC(=O)CN2C(=O)SC(=C3CCC(Cl)(Cl)CC3)C2=O)cc1. The van der Waals surface area contributed by atoms with Crippen LogP contribution in [0.5, 0.6) is 0 Å². The number of imide groups is 1. The molecular formula is C19H21Cl2N2O4PS. The highest BCUT2D eigenvalue weighted by Gasteiger charge is 2.40. The fraction of sp³-hybridized carbons (Fsp3) is 0.421. The van der Waals surface area contributed by atoms with Gasteiger partial charge in [0.2, 0.25) is 5.91 Å². The second-order valence-electron chi connectivity index (χ2n) is 7.49. The lowest BCUT2D eigenvalue weighted by Crippen LogP contribution is -2.36. The molecule has 0 radical (unpaired) electrons. The maximum atomic E-state index is 12.7. The Bertz CT molecular complexity index is 928. The van der Waals surface area contributed by atoms with Gasteiger partial charge in [-0.3, -0.25) is 19.3 Å². The molecule has 1 N–H and O–H groups in total. The zero-order chi connectivity index (χ0) is 21.4. The van der Waals surface area contributed by atoms with Crippen LogP contribution in [0.3, 0.4) is 0 Å². The van der Waals surface area contributed by atoms with Crippen molar-refractivity contribution in [1.29, 1.82) is 0 Å². The summed E-state index contributed by atoms with van der Waals surface area (Å²) < 4.78 is 11.3. The summed E-state index contributed by atoms with van der Waals surface area (Å²) in [7, 11) is -2.38. The van der Waals surface area contributed by atoms with Gasteiger partial charge < -0.3 is 9.88 Å². The molecule has 156 valence electrons. The normalized spacial score (nSPS) is 19.7. The summed E-state index contributed by atoms with van der Waals surface area (Å²) in [5.74, 6) is -0.929. The number of carbonyl (C=O) groups is 3. The van der Waals surface area contributed by atoms with Crippen molar-refractivity contribution in [1.82, 2.24) is 4.90 Å². The van der Waals surface area contributed by atoms with Crippen molar-refractivity contribution in [3.63, 3.8) is 0 Å². The van der Waals surface area contributed by atoms with Gasteiger partial charge in [0.25, 0.3) is 11.1 Å². The van der Waals surface area contributed by atoms with E-state index in [1.807, 2.05) is 0 Å². The molecule has 3 amide bonds. The molecule has 29 heavy (non-hydrogen) atoms. The van der Waals surface area contributed by atoms with E-state index in [1.165, 1.54) is 0 Å². The molecule has 6 nitrogen and oxygen atoms in total. The second kappa shape index (κ2) is 8.46. The van der Waals surface area contributed by atoms with Gasteiger partial charge in [-0.2, -0.15) is 0 Å². The van der Waals surface area contributed by atoms with Crippen molar-refractivity contribution in [2.45, 2.75) is 30.0 Å². The molecule has 2 aliphatic rings. The van der Waals surface area contributed by atoms with E-state index < -0.39 is 28.5 Å². The van der Waals surface area contributed by atoms with E-state index in [0.717, 1.165) is 22.2 Å². The molecule has 1 aromatic carbocycles. The summed E-state index contributed by atoms with van der Waals surface area (Å²) in [5.41, 5.74) is 1.37. The summed E-state index contributed by atoms with van der Waals surface area (Å²) in [4.78, 5) is 38.6. The molecule has 0 atom stereocenters. The Morgan fingerprint density at radius 2 is 1.76 bits per heavy atom. The van der Waals surface area contributed by atoms with E-state index >= 15 is 0 Å². The van der Waals surface area contributed by atoms with Gasteiger partial charge in [0.05, 0.1) is 4.91 Å². The standard InChI is InChI=1S/C19H21Cl2N2O4PS/c1-28(2,27)14-5-3-13(4-6-14)22-15(24)11-23-17(25)16(29-18(23)26)12-7-9-19(20,21)10-8-12/h3-6H,7-11H2,1-2H3,(H,22,24). The number of nitrogens with zero attached hydrogens (tertiary/aromatic N) is 1. The van der Waals surface area contributed by atoms with Crippen molar-refractivity contribution in [3.05, 3.63) is 34.7 Å². The third-order valence-corrected chi connectivity index (χ3v) is 8.19. The summed E-state index contributed by atoms with van der Waals surface area (Å²) in [6, 6.07) is 6.68. The third kappa shape index (κ3) is 5.46. The minimum Gasteiger partial charge on any atom is -0.325 e. The Labute approximate surface area is 183 Å². The lowest BCUT2D eigenvalue weighted by molar-refractivity contribution is -0.127. The number of benzene rings is 1. The number of nitrogens with one attached hydrogen (secondary N) is 1. The molecule has 1 aliphatic carbocycles. The number of carbonyl (C=O) groups excluding carboxylic acids is 3. The lowest BCUT2D eigenvalue weighted by atomic mass is 9.93. The van der Waals surface area contributed by atoms with Crippen LogP contribution in [0.2, 0.25) is 0 Å². The molecule has 1 heterocycles. The summed E-state index contributed by atoms with van der Waals surface area (Å²) in [5, 5.41) is 2.90. The van der Waals surface area contributed by atoms with Gasteiger partial charge in [-0.05, 0) is 75.0 Å². The molecule has 1 aromatic rings. The van der Waals surface area contributed by atoms with Crippen LogP contribution < -0.4 is 10.6 Å². The van der Waals surface area contributed by atoms with Gasteiger partial charge in [0, 0.05) is 11.0 Å². The van der Waals surface area contributed by atoms with Crippen molar-refractivity contribution < 1.29 is 18.9 Å². The number of amides is 3. The second-order valence-corrected chi connectivity index (χ2v) is 13.3. The summed E-state index contributed by atoms with van der Waals surface area (Å²) in [6.07, 6.45) is 2.16. The Balaban J connectivity index is 1.64. The quantitative estimate of drug-likeness (QED) is 0.392. The monoisotopic (exact) mass is 474 g/mol. The topological polar surface area (TPSA) is 83.6 Å². The van der Waals surface area contributed by atoms with E-state index in [2.05, 4.69) is 5.32 Å². The molecular weight excluding hydrogens is 454 g/mol. The summed E-state index contributed by atoms with van der Waals surface area (Å²) in [6.45, 7) is 2.97. The highest BCUT2D eigenvalue weighted by Crippen LogP contribution is 2.44. The molecule has 10 heteroatoms. The van der Waals surface area contributed by atoms with E-state index in [1.54, 1.807) is 37.6 Å².